The van der Waals surface area contributed by atoms with Crippen molar-refractivity contribution in [3.63, 3.8) is 0 Å². The summed E-state index contributed by atoms with van der Waals surface area (Å²) in [7, 11) is 0. The van der Waals surface area contributed by atoms with Crippen LogP contribution >= 0.6 is 0 Å². The second kappa shape index (κ2) is 8.06. The van der Waals surface area contributed by atoms with E-state index >= 15 is 0 Å². The standard InChI is InChI=1S/C21H26O4/c1-4-5-14-25-20(24)15(2)21(3,16-6-10-18(22)11-7-16)17-8-12-19(23)13-9-17/h6-13,15,22-23H,4-5,14H2,1-3H3. The minimum Gasteiger partial charge on any atom is -0.508 e. The molecule has 134 valence electrons. The summed E-state index contributed by atoms with van der Waals surface area (Å²) in [6.45, 7) is 6.31. The molecule has 4 nitrogen and oxygen atoms in total. The van der Waals surface area contributed by atoms with Crippen molar-refractivity contribution in [3.8, 4) is 11.5 Å². The Morgan fingerprint density at radius 2 is 1.44 bits per heavy atom. The van der Waals surface area contributed by atoms with Crippen LogP contribution in [0.4, 0.5) is 0 Å². The topological polar surface area (TPSA) is 66.8 Å². The Labute approximate surface area is 149 Å². The van der Waals surface area contributed by atoms with E-state index in [1.165, 1.54) is 0 Å². The fraction of sp³-hybridized carbons (Fsp3) is 0.381. The molecular weight excluding hydrogens is 316 g/mol. The molecule has 2 aromatic carbocycles. The zero-order valence-electron chi connectivity index (χ0n) is 15.0. The summed E-state index contributed by atoms with van der Waals surface area (Å²) >= 11 is 0. The number of esters is 1. The Kier molecular flexibility index (Phi) is 6.07. The minimum absolute atomic E-state index is 0.176. The number of hydrogen-bond acceptors (Lipinski definition) is 4. The molecule has 0 fully saturated rings. The minimum atomic E-state index is -0.648. The number of hydrogen-bond donors (Lipinski definition) is 2. The number of phenolic OH excluding ortho intramolecular Hbond substituents is 2. The number of benzene rings is 2. The van der Waals surface area contributed by atoms with Gasteiger partial charge in [-0.1, -0.05) is 51.5 Å². The number of rotatable bonds is 7. The summed E-state index contributed by atoms with van der Waals surface area (Å²) < 4.78 is 5.44. The molecule has 2 aromatic rings. The third-order valence-electron chi connectivity index (χ3n) is 4.90. The van der Waals surface area contributed by atoms with Crippen molar-refractivity contribution in [3.05, 3.63) is 59.7 Å². The number of aromatic hydroxyl groups is 2. The van der Waals surface area contributed by atoms with Crippen molar-refractivity contribution >= 4 is 5.97 Å². The van der Waals surface area contributed by atoms with E-state index in [1.54, 1.807) is 24.3 Å². The van der Waals surface area contributed by atoms with Gasteiger partial charge in [0, 0.05) is 5.41 Å². The SMILES string of the molecule is CCCCOC(=O)C(C)C(C)(c1ccc(O)cc1)c1ccc(O)cc1. The van der Waals surface area contributed by atoms with E-state index in [0.717, 1.165) is 24.0 Å². The molecule has 0 bridgehead atoms. The molecule has 0 radical (unpaired) electrons. The lowest BCUT2D eigenvalue weighted by molar-refractivity contribution is -0.149. The van der Waals surface area contributed by atoms with Gasteiger partial charge in [-0.05, 0) is 41.8 Å². The predicted octanol–water partition coefficient (Wildman–Crippen LogP) is 4.38. The summed E-state index contributed by atoms with van der Waals surface area (Å²) in [6, 6.07) is 13.7. The van der Waals surface area contributed by atoms with Gasteiger partial charge in [0.1, 0.15) is 11.5 Å². The monoisotopic (exact) mass is 342 g/mol. The van der Waals surface area contributed by atoms with Crippen LogP contribution in [0.2, 0.25) is 0 Å². The van der Waals surface area contributed by atoms with Crippen LogP contribution in [-0.2, 0) is 14.9 Å². The maximum atomic E-state index is 12.6. The molecule has 0 aliphatic rings. The number of unbranched alkanes of at least 4 members (excludes halogenated alkanes) is 1. The second-order valence-electron chi connectivity index (χ2n) is 6.54. The smallest absolute Gasteiger partial charge is 0.309 e. The average Bonchev–Trinajstić information content (AvgIpc) is 2.61. The van der Waals surface area contributed by atoms with Crippen molar-refractivity contribution in [1.29, 1.82) is 0 Å². The van der Waals surface area contributed by atoms with Crippen LogP contribution in [0, 0.1) is 5.92 Å². The number of phenols is 2. The molecule has 1 unspecified atom stereocenters. The average molecular weight is 342 g/mol. The molecule has 0 spiro atoms. The molecule has 0 aromatic heterocycles. The van der Waals surface area contributed by atoms with Gasteiger partial charge >= 0.3 is 5.97 Å². The van der Waals surface area contributed by atoms with Gasteiger partial charge in [-0.15, -0.1) is 0 Å². The first kappa shape index (κ1) is 18.8. The van der Waals surface area contributed by atoms with E-state index in [4.69, 9.17) is 4.74 Å². The van der Waals surface area contributed by atoms with E-state index < -0.39 is 11.3 Å². The van der Waals surface area contributed by atoms with E-state index in [0.29, 0.717) is 6.61 Å². The maximum Gasteiger partial charge on any atom is 0.309 e. The molecule has 1 atom stereocenters. The summed E-state index contributed by atoms with van der Waals surface area (Å²) in [5, 5.41) is 19.2. The Hall–Kier alpha value is -2.49. The van der Waals surface area contributed by atoms with Gasteiger partial charge in [-0.3, -0.25) is 4.79 Å². The van der Waals surface area contributed by atoms with Crippen LogP contribution in [-0.4, -0.2) is 22.8 Å². The molecule has 0 heterocycles. The second-order valence-corrected chi connectivity index (χ2v) is 6.54. The van der Waals surface area contributed by atoms with Gasteiger partial charge in [-0.25, -0.2) is 0 Å². The highest BCUT2D eigenvalue weighted by atomic mass is 16.5. The van der Waals surface area contributed by atoms with Gasteiger partial charge in [0.15, 0.2) is 0 Å². The highest BCUT2D eigenvalue weighted by Gasteiger charge is 2.40. The predicted molar refractivity (Wildman–Crippen MR) is 97.7 cm³/mol. The van der Waals surface area contributed by atoms with Gasteiger partial charge in [0.2, 0.25) is 0 Å². The molecule has 25 heavy (non-hydrogen) atoms. The van der Waals surface area contributed by atoms with Gasteiger partial charge in [0.05, 0.1) is 12.5 Å². The van der Waals surface area contributed by atoms with Gasteiger partial charge < -0.3 is 14.9 Å². The molecular formula is C21H26O4. The van der Waals surface area contributed by atoms with E-state index in [-0.39, 0.29) is 17.5 Å². The van der Waals surface area contributed by atoms with Crippen LogP contribution < -0.4 is 0 Å². The molecule has 0 amide bonds. The highest BCUT2D eigenvalue weighted by molar-refractivity contribution is 5.75. The van der Waals surface area contributed by atoms with Crippen LogP contribution in [0.5, 0.6) is 11.5 Å². The van der Waals surface area contributed by atoms with E-state index in [1.807, 2.05) is 45.0 Å². The fourth-order valence-electron chi connectivity index (χ4n) is 2.96. The van der Waals surface area contributed by atoms with Gasteiger partial charge in [0.25, 0.3) is 0 Å². The van der Waals surface area contributed by atoms with Crippen LogP contribution in [0.15, 0.2) is 48.5 Å². The van der Waals surface area contributed by atoms with Crippen molar-refractivity contribution in [2.24, 2.45) is 5.92 Å². The Bertz CT molecular complexity index is 643. The van der Waals surface area contributed by atoms with E-state index in [2.05, 4.69) is 0 Å². The number of ether oxygens (including phenoxy) is 1. The van der Waals surface area contributed by atoms with Gasteiger partial charge in [-0.2, -0.15) is 0 Å². The van der Waals surface area contributed by atoms with Crippen molar-refractivity contribution in [2.45, 2.75) is 39.0 Å². The molecule has 4 heteroatoms. The van der Waals surface area contributed by atoms with Crippen LogP contribution in [0.1, 0.15) is 44.7 Å². The van der Waals surface area contributed by atoms with Crippen molar-refractivity contribution in [2.75, 3.05) is 6.61 Å². The normalized spacial score (nSPS) is 12.6. The summed E-state index contributed by atoms with van der Waals surface area (Å²) in [5.41, 5.74) is 1.15. The van der Waals surface area contributed by atoms with Crippen molar-refractivity contribution in [1.82, 2.24) is 0 Å². The molecule has 2 rings (SSSR count). The zero-order chi connectivity index (χ0) is 18.4. The first-order chi connectivity index (χ1) is 11.9. The number of carbonyl (C=O) groups excluding carboxylic acids is 1. The summed E-state index contributed by atoms with van der Waals surface area (Å²) in [5.74, 6) is -0.333. The Morgan fingerprint density at radius 1 is 1.00 bits per heavy atom. The third-order valence-corrected chi connectivity index (χ3v) is 4.90. The molecule has 0 aliphatic heterocycles. The lowest BCUT2D eigenvalue weighted by Gasteiger charge is -2.35. The van der Waals surface area contributed by atoms with E-state index in [9.17, 15) is 15.0 Å². The third kappa shape index (κ3) is 4.13. The molecule has 0 saturated carbocycles. The quantitative estimate of drug-likeness (QED) is 0.579. The largest absolute Gasteiger partial charge is 0.508 e. The van der Waals surface area contributed by atoms with Crippen LogP contribution in [0.25, 0.3) is 0 Å². The lowest BCUT2D eigenvalue weighted by atomic mass is 9.68. The van der Waals surface area contributed by atoms with Crippen molar-refractivity contribution < 1.29 is 19.7 Å². The fourth-order valence-corrected chi connectivity index (χ4v) is 2.96. The van der Waals surface area contributed by atoms with Crippen LogP contribution in [0.3, 0.4) is 0 Å². The summed E-state index contributed by atoms with van der Waals surface area (Å²) in [4.78, 5) is 12.6. The Morgan fingerprint density at radius 3 is 1.84 bits per heavy atom. The molecule has 2 N–H and O–H groups in total. The maximum absolute atomic E-state index is 12.6. The first-order valence-electron chi connectivity index (χ1n) is 8.65. The summed E-state index contributed by atoms with van der Waals surface area (Å²) in [6.07, 6.45) is 1.81. The zero-order valence-corrected chi connectivity index (χ0v) is 15.0. The highest BCUT2D eigenvalue weighted by Crippen LogP contribution is 2.40. The number of carbonyl (C=O) groups is 1. The lowest BCUT2D eigenvalue weighted by Crippen LogP contribution is -2.37. The Balaban J connectivity index is 2.42. The molecule has 0 saturated heterocycles. The first-order valence-corrected chi connectivity index (χ1v) is 8.65. The molecule has 0 aliphatic carbocycles.